The van der Waals surface area contributed by atoms with Crippen LogP contribution in [0.1, 0.15) is 11.3 Å². The minimum Gasteiger partial charge on any atom is -0.505 e. The summed E-state index contributed by atoms with van der Waals surface area (Å²) < 4.78 is 3.11. The van der Waals surface area contributed by atoms with E-state index in [4.69, 9.17) is 0 Å². The Bertz CT molecular complexity index is 1420. The predicted octanol–water partition coefficient (Wildman–Crippen LogP) is 4.53. The molecule has 0 unspecified atom stereocenters. The second-order valence-corrected chi connectivity index (χ2v) is 7.37. The number of benzene rings is 2. The van der Waals surface area contributed by atoms with E-state index in [1.807, 2.05) is 18.2 Å². The van der Waals surface area contributed by atoms with Gasteiger partial charge in [0.25, 0.3) is 11.5 Å². The minimum absolute atomic E-state index is 0.0545. The summed E-state index contributed by atoms with van der Waals surface area (Å²) in [6.07, 6.45) is 3.04. The van der Waals surface area contributed by atoms with E-state index >= 15 is 0 Å². The maximum atomic E-state index is 13.1. The third kappa shape index (κ3) is 4.53. The molecular weight excluding hydrogens is 432 g/mol. The van der Waals surface area contributed by atoms with Crippen molar-refractivity contribution in [2.24, 2.45) is 17.3 Å². The lowest BCUT2D eigenvalue weighted by Gasteiger charge is -2.07. The molecule has 0 spiro atoms. The van der Waals surface area contributed by atoms with E-state index in [1.54, 1.807) is 79.4 Å². The van der Waals surface area contributed by atoms with Gasteiger partial charge in [-0.05, 0) is 31.2 Å². The van der Waals surface area contributed by atoms with E-state index in [0.717, 1.165) is 0 Å². The van der Waals surface area contributed by atoms with Crippen molar-refractivity contribution in [3.63, 3.8) is 0 Å². The van der Waals surface area contributed by atoms with Crippen molar-refractivity contribution in [1.29, 1.82) is 0 Å². The normalized spacial score (nSPS) is 11.9. The quantitative estimate of drug-likeness (QED) is 0.253. The van der Waals surface area contributed by atoms with Crippen LogP contribution in [-0.4, -0.2) is 25.4 Å². The molecule has 0 bridgehead atoms. The van der Waals surface area contributed by atoms with Gasteiger partial charge in [-0.2, -0.15) is 0 Å². The Morgan fingerprint density at radius 1 is 1.00 bits per heavy atom. The van der Waals surface area contributed by atoms with Crippen molar-refractivity contribution in [2.75, 3.05) is 5.32 Å². The largest absolute Gasteiger partial charge is 0.505 e. The van der Waals surface area contributed by atoms with Gasteiger partial charge in [-0.3, -0.25) is 19.3 Å². The van der Waals surface area contributed by atoms with Gasteiger partial charge in [-0.1, -0.05) is 48.5 Å². The van der Waals surface area contributed by atoms with Crippen LogP contribution in [0.15, 0.2) is 106 Å². The molecule has 34 heavy (non-hydrogen) atoms. The number of hydrogen-bond donors (Lipinski definition) is 2. The molecule has 2 aromatic heterocycles. The third-order valence-corrected chi connectivity index (χ3v) is 5.18. The summed E-state index contributed by atoms with van der Waals surface area (Å²) >= 11 is 0. The highest BCUT2D eigenvalue weighted by Gasteiger charge is 2.20. The zero-order valence-corrected chi connectivity index (χ0v) is 18.6. The van der Waals surface area contributed by atoms with Gasteiger partial charge in [0.1, 0.15) is 0 Å². The lowest BCUT2D eigenvalue weighted by atomic mass is 10.1. The zero-order chi connectivity index (χ0) is 24.1. The summed E-state index contributed by atoms with van der Waals surface area (Å²) in [5.41, 5.74) is 1.32. The van der Waals surface area contributed by atoms with Crippen LogP contribution in [0, 0.1) is 6.92 Å². The first kappa shape index (κ1) is 22.4. The summed E-state index contributed by atoms with van der Waals surface area (Å²) in [6, 6.07) is 20.9. The number of pyridine rings is 1. The van der Waals surface area contributed by atoms with Gasteiger partial charge in [0, 0.05) is 18.8 Å². The Hall–Kier alpha value is -4.79. The first-order valence-corrected chi connectivity index (χ1v) is 10.4. The Balaban J connectivity index is 1.78. The monoisotopic (exact) mass is 454 g/mol. The lowest BCUT2D eigenvalue weighted by Crippen LogP contribution is -2.19. The number of hydrogen-bond acceptors (Lipinski definition) is 6. The number of azo groups is 1. The number of nitrogens with one attached hydrogen (secondary N) is 1. The number of anilines is 1. The van der Waals surface area contributed by atoms with E-state index in [9.17, 15) is 14.7 Å². The number of nitrogens with zero attached hydrogens (tertiary/aromatic N) is 5. The summed E-state index contributed by atoms with van der Waals surface area (Å²) in [5.74, 6) is -1.07. The van der Waals surface area contributed by atoms with Crippen molar-refractivity contribution in [3.8, 4) is 5.69 Å². The van der Waals surface area contributed by atoms with Crippen LogP contribution in [0.4, 0.5) is 11.4 Å². The van der Waals surface area contributed by atoms with E-state index in [-0.39, 0.29) is 17.1 Å². The highest BCUT2D eigenvalue weighted by Crippen LogP contribution is 2.22. The fraction of sp³-hybridized carbons (Fsp3) is 0.0800. The number of amides is 1. The molecule has 170 valence electrons. The Kier molecular flexibility index (Phi) is 6.45. The number of carbonyl (C=O) groups is 1. The van der Waals surface area contributed by atoms with E-state index < -0.39 is 11.5 Å². The Labute approximate surface area is 195 Å². The van der Waals surface area contributed by atoms with Gasteiger partial charge in [0.05, 0.1) is 23.3 Å². The summed E-state index contributed by atoms with van der Waals surface area (Å²) in [6.45, 7) is 1.73. The molecule has 9 heteroatoms. The van der Waals surface area contributed by atoms with Crippen LogP contribution in [-0.2, 0) is 11.8 Å². The van der Waals surface area contributed by atoms with E-state index in [0.29, 0.717) is 22.6 Å². The van der Waals surface area contributed by atoms with Crippen molar-refractivity contribution in [1.82, 2.24) is 14.3 Å². The van der Waals surface area contributed by atoms with Crippen LogP contribution in [0.5, 0.6) is 0 Å². The van der Waals surface area contributed by atoms with Gasteiger partial charge in [0.2, 0.25) is 0 Å². The SMILES string of the molecule is Cc1c(N=N/C(C(=O)Nc2cccnc2)=C(/O)c2ccccc2)c(=O)n(-c2ccccc2)n1C. The highest BCUT2D eigenvalue weighted by atomic mass is 16.3. The molecule has 2 N–H and O–H groups in total. The van der Waals surface area contributed by atoms with Gasteiger partial charge in [0.15, 0.2) is 17.1 Å². The molecule has 1 amide bonds. The van der Waals surface area contributed by atoms with Crippen molar-refractivity contribution in [3.05, 3.63) is 112 Å². The molecule has 0 aliphatic heterocycles. The maximum Gasteiger partial charge on any atom is 0.299 e. The van der Waals surface area contributed by atoms with Gasteiger partial charge in [-0.25, -0.2) is 4.68 Å². The molecular formula is C25H22N6O3. The number of para-hydroxylation sites is 1. The molecule has 0 radical (unpaired) electrons. The number of aliphatic hydroxyl groups is 1. The summed E-state index contributed by atoms with van der Waals surface area (Å²) in [5, 5.41) is 21.6. The first-order chi connectivity index (χ1) is 16.5. The Morgan fingerprint density at radius 2 is 1.68 bits per heavy atom. The fourth-order valence-corrected chi connectivity index (χ4v) is 3.33. The smallest absolute Gasteiger partial charge is 0.299 e. The first-order valence-electron chi connectivity index (χ1n) is 10.4. The maximum absolute atomic E-state index is 13.1. The topological polar surface area (TPSA) is 114 Å². The number of aliphatic hydroxyl groups excluding tert-OH is 1. The molecule has 0 aliphatic rings. The molecule has 0 aliphatic carbocycles. The van der Waals surface area contributed by atoms with Crippen LogP contribution in [0.3, 0.4) is 0 Å². The molecule has 0 atom stereocenters. The zero-order valence-electron chi connectivity index (χ0n) is 18.6. The van der Waals surface area contributed by atoms with Crippen LogP contribution in [0.2, 0.25) is 0 Å². The van der Waals surface area contributed by atoms with Crippen molar-refractivity contribution < 1.29 is 9.90 Å². The van der Waals surface area contributed by atoms with Crippen molar-refractivity contribution in [2.45, 2.75) is 6.92 Å². The average molecular weight is 454 g/mol. The lowest BCUT2D eigenvalue weighted by molar-refractivity contribution is -0.112. The third-order valence-electron chi connectivity index (χ3n) is 5.18. The van der Waals surface area contributed by atoms with Gasteiger partial charge < -0.3 is 10.4 Å². The second kappa shape index (κ2) is 9.78. The average Bonchev–Trinajstić information content (AvgIpc) is 3.08. The van der Waals surface area contributed by atoms with Gasteiger partial charge >= 0.3 is 0 Å². The van der Waals surface area contributed by atoms with E-state index in [2.05, 4.69) is 20.5 Å². The van der Waals surface area contributed by atoms with Crippen LogP contribution < -0.4 is 10.9 Å². The minimum atomic E-state index is -0.699. The number of rotatable bonds is 6. The molecule has 2 heterocycles. The second-order valence-electron chi connectivity index (χ2n) is 7.37. The molecule has 0 fully saturated rings. The fourth-order valence-electron chi connectivity index (χ4n) is 3.33. The molecule has 4 aromatic rings. The molecule has 0 saturated carbocycles. The molecule has 9 nitrogen and oxygen atoms in total. The highest BCUT2D eigenvalue weighted by molar-refractivity contribution is 6.07. The molecule has 0 saturated heterocycles. The summed E-state index contributed by atoms with van der Waals surface area (Å²) in [7, 11) is 1.73. The van der Waals surface area contributed by atoms with E-state index in [1.165, 1.54) is 10.9 Å². The molecule has 2 aromatic carbocycles. The van der Waals surface area contributed by atoms with Crippen molar-refractivity contribution >= 4 is 23.0 Å². The number of aromatic nitrogens is 3. The van der Waals surface area contributed by atoms with Crippen LogP contribution in [0.25, 0.3) is 11.4 Å². The standard InChI is InChI=1S/C25H22N6O3/c1-17-21(25(34)31(30(17)2)20-13-7-4-8-14-20)28-29-22(23(32)18-10-5-3-6-11-18)24(33)27-19-12-9-15-26-16-19/h3-16,32H,1-2H3,(H,27,33)/b23-22+,29-28?. The van der Waals surface area contributed by atoms with Gasteiger partial charge in [-0.15, -0.1) is 10.2 Å². The number of carbonyl (C=O) groups excluding carboxylic acids is 1. The Morgan fingerprint density at radius 3 is 2.32 bits per heavy atom. The summed E-state index contributed by atoms with van der Waals surface area (Å²) in [4.78, 5) is 30.1. The predicted molar refractivity (Wildman–Crippen MR) is 129 cm³/mol. The van der Waals surface area contributed by atoms with Crippen LogP contribution >= 0.6 is 0 Å². The molecule has 4 rings (SSSR count).